The van der Waals surface area contributed by atoms with E-state index in [9.17, 15) is 4.79 Å². The maximum absolute atomic E-state index is 11.0. The van der Waals surface area contributed by atoms with Gasteiger partial charge in [0.05, 0.1) is 12.7 Å². The van der Waals surface area contributed by atoms with E-state index in [0.29, 0.717) is 5.56 Å². The van der Waals surface area contributed by atoms with Crippen molar-refractivity contribution in [3.63, 3.8) is 0 Å². The molecule has 0 bridgehead atoms. The van der Waals surface area contributed by atoms with E-state index in [1.807, 2.05) is 6.92 Å². The molecule has 0 amide bonds. The highest BCUT2D eigenvalue weighted by atomic mass is 16.4. The van der Waals surface area contributed by atoms with Crippen molar-refractivity contribution < 1.29 is 9.90 Å². The van der Waals surface area contributed by atoms with Crippen LogP contribution in [0.15, 0.2) is 6.20 Å². The molecule has 0 radical (unpaired) electrons. The molecule has 0 saturated carbocycles. The second-order valence-electron chi connectivity index (χ2n) is 3.17. The fourth-order valence-electron chi connectivity index (χ4n) is 1.29. The van der Waals surface area contributed by atoms with Gasteiger partial charge in [-0.15, -0.1) is 6.42 Å². The highest BCUT2D eigenvalue weighted by Gasteiger charge is 2.22. The molecule has 5 heteroatoms. The Morgan fingerprint density at radius 1 is 1.87 bits per heavy atom. The zero-order chi connectivity index (χ0) is 11.4. The molecular weight excluding hydrogens is 194 g/mol. The van der Waals surface area contributed by atoms with Gasteiger partial charge >= 0.3 is 5.97 Å². The molecule has 1 atom stereocenters. The number of terminal acetylenes is 1. The Hall–Kier alpha value is -1.80. The molecule has 0 spiro atoms. The number of nitrogens with zero attached hydrogens (tertiary/aromatic N) is 2. The quantitative estimate of drug-likeness (QED) is 0.686. The maximum atomic E-state index is 11.0. The van der Waals surface area contributed by atoms with Crippen molar-refractivity contribution in [1.29, 1.82) is 0 Å². The number of aromatic nitrogens is 2. The lowest BCUT2D eigenvalue weighted by Crippen LogP contribution is -2.29. The average Bonchev–Trinajstić information content (AvgIpc) is 2.50. The first-order chi connectivity index (χ1) is 7.07. The third-order valence-electron chi connectivity index (χ3n) is 2.24. The summed E-state index contributed by atoms with van der Waals surface area (Å²) in [7, 11) is 1.76. The lowest BCUT2D eigenvalue weighted by molar-refractivity contribution is -0.139. The number of carboxylic acids is 1. The molecule has 1 rings (SSSR count). The fourth-order valence-corrected chi connectivity index (χ4v) is 1.29. The summed E-state index contributed by atoms with van der Waals surface area (Å²) in [5.74, 6) is 1.39. The number of aryl methyl sites for hydroxylation is 1. The summed E-state index contributed by atoms with van der Waals surface area (Å²) >= 11 is 0. The third-order valence-corrected chi connectivity index (χ3v) is 2.24. The lowest BCUT2D eigenvalue weighted by Gasteiger charge is -2.11. The smallest absolute Gasteiger partial charge is 0.325 e. The topological polar surface area (TPSA) is 67.2 Å². The van der Waals surface area contributed by atoms with E-state index in [1.54, 1.807) is 11.7 Å². The molecule has 0 aromatic carbocycles. The summed E-state index contributed by atoms with van der Waals surface area (Å²) in [6.07, 6.45) is 6.61. The Kier molecular flexibility index (Phi) is 3.47. The number of rotatable bonds is 4. The van der Waals surface area contributed by atoms with E-state index in [0.717, 1.165) is 5.69 Å². The van der Waals surface area contributed by atoms with Crippen LogP contribution in [0.4, 0.5) is 0 Å². The minimum atomic E-state index is -0.957. The highest BCUT2D eigenvalue weighted by Crippen LogP contribution is 2.16. The van der Waals surface area contributed by atoms with Crippen LogP contribution >= 0.6 is 0 Å². The van der Waals surface area contributed by atoms with Crippen LogP contribution in [0.25, 0.3) is 0 Å². The van der Waals surface area contributed by atoms with Gasteiger partial charge in [0.1, 0.15) is 6.04 Å². The first kappa shape index (κ1) is 11.3. The Balaban J connectivity index is 2.95. The van der Waals surface area contributed by atoms with Crippen LogP contribution in [0, 0.1) is 19.3 Å². The summed E-state index contributed by atoms with van der Waals surface area (Å²) in [5, 5.41) is 15.8. The minimum Gasteiger partial charge on any atom is -0.480 e. The van der Waals surface area contributed by atoms with E-state index in [4.69, 9.17) is 11.5 Å². The van der Waals surface area contributed by atoms with E-state index in [2.05, 4.69) is 16.3 Å². The summed E-state index contributed by atoms with van der Waals surface area (Å²) < 4.78 is 1.63. The zero-order valence-corrected chi connectivity index (χ0v) is 8.69. The van der Waals surface area contributed by atoms with Gasteiger partial charge in [0.25, 0.3) is 0 Å². The van der Waals surface area contributed by atoms with Crippen molar-refractivity contribution in [2.24, 2.45) is 7.05 Å². The number of aliphatic carboxylic acids is 1. The van der Waals surface area contributed by atoms with Crippen molar-refractivity contribution in [3.8, 4) is 12.3 Å². The van der Waals surface area contributed by atoms with Crippen LogP contribution in [0.1, 0.15) is 17.3 Å². The average molecular weight is 207 g/mol. The predicted molar refractivity (Wildman–Crippen MR) is 55.2 cm³/mol. The van der Waals surface area contributed by atoms with E-state index in [1.165, 1.54) is 6.20 Å². The second kappa shape index (κ2) is 4.62. The van der Waals surface area contributed by atoms with Crippen LogP contribution < -0.4 is 5.32 Å². The molecule has 0 aliphatic carbocycles. The Labute approximate surface area is 88.1 Å². The molecule has 1 aromatic heterocycles. The molecule has 1 aromatic rings. The number of carboxylic acid groups (broad SMARTS) is 1. The summed E-state index contributed by atoms with van der Waals surface area (Å²) in [4.78, 5) is 11.0. The molecule has 1 heterocycles. The first-order valence-corrected chi connectivity index (χ1v) is 4.46. The second-order valence-corrected chi connectivity index (χ2v) is 3.17. The van der Waals surface area contributed by atoms with Crippen molar-refractivity contribution in [2.45, 2.75) is 13.0 Å². The Morgan fingerprint density at radius 3 is 2.93 bits per heavy atom. The van der Waals surface area contributed by atoms with Crippen molar-refractivity contribution in [2.75, 3.05) is 6.54 Å². The lowest BCUT2D eigenvalue weighted by atomic mass is 10.1. The van der Waals surface area contributed by atoms with Gasteiger partial charge in [-0.05, 0) is 6.92 Å². The van der Waals surface area contributed by atoms with Crippen molar-refractivity contribution in [1.82, 2.24) is 15.1 Å². The summed E-state index contributed by atoms with van der Waals surface area (Å²) in [5.41, 5.74) is 1.45. The Bertz CT molecular complexity index is 403. The maximum Gasteiger partial charge on any atom is 0.325 e. The van der Waals surface area contributed by atoms with Crippen LogP contribution in [0.2, 0.25) is 0 Å². The molecule has 0 saturated heterocycles. The van der Waals surface area contributed by atoms with Gasteiger partial charge < -0.3 is 5.11 Å². The minimum absolute atomic E-state index is 0.214. The summed E-state index contributed by atoms with van der Waals surface area (Å²) in [6, 6.07) is -0.797. The van der Waals surface area contributed by atoms with Crippen molar-refractivity contribution in [3.05, 3.63) is 17.5 Å². The van der Waals surface area contributed by atoms with Crippen LogP contribution in [-0.4, -0.2) is 27.4 Å². The van der Waals surface area contributed by atoms with E-state index < -0.39 is 12.0 Å². The van der Waals surface area contributed by atoms with E-state index >= 15 is 0 Å². The molecule has 80 valence electrons. The van der Waals surface area contributed by atoms with Crippen molar-refractivity contribution >= 4 is 5.97 Å². The Morgan fingerprint density at radius 2 is 2.53 bits per heavy atom. The molecule has 2 N–H and O–H groups in total. The van der Waals surface area contributed by atoms with Gasteiger partial charge in [-0.25, -0.2) is 0 Å². The molecule has 0 aliphatic heterocycles. The third kappa shape index (κ3) is 2.36. The predicted octanol–water partition coefficient (Wildman–Crippen LogP) is 0.0770. The molecule has 5 nitrogen and oxygen atoms in total. The molecule has 0 aliphatic rings. The van der Waals surface area contributed by atoms with Gasteiger partial charge in [0.2, 0.25) is 0 Å². The standard InChI is InChI=1S/C10H13N3O2/c1-4-5-11-9(10(14)15)8-6-12-13(3)7(8)2/h1,6,9,11H,5H2,2-3H3,(H,14,15). The SMILES string of the molecule is C#CCNC(C(=O)O)c1cnn(C)c1C. The monoisotopic (exact) mass is 207 g/mol. The van der Waals surface area contributed by atoms with Gasteiger partial charge in [0.15, 0.2) is 0 Å². The molecule has 15 heavy (non-hydrogen) atoms. The molecular formula is C10H13N3O2. The number of nitrogens with one attached hydrogen (secondary N) is 1. The van der Waals surface area contributed by atoms with Gasteiger partial charge in [-0.3, -0.25) is 14.8 Å². The zero-order valence-electron chi connectivity index (χ0n) is 8.69. The molecule has 1 unspecified atom stereocenters. The number of carbonyl (C=O) groups is 1. The van der Waals surface area contributed by atoms with Crippen LogP contribution in [-0.2, 0) is 11.8 Å². The largest absolute Gasteiger partial charge is 0.480 e. The molecule has 0 fully saturated rings. The number of hydrogen-bond donors (Lipinski definition) is 2. The normalized spacial score (nSPS) is 12.1. The number of hydrogen-bond acceptors (Lipinski definition) is 3. The fraction of sp³-hybridized carbons (Fsp3) is 0.400. The first-order valence-electron chi connectivity index (χ1n) is 4.46. The van der Waals surface area contributed by atoms with Gasteiger partial charge in [-0.1, -0.05) is 5.92 Å². The van der Waals surface area contributed by atoms with Crippen LogP contribution in [0.5, 0.6) is 0 Å². The van der Waals surface area contributed by atoms with E-state index in [-0.39, 0.29) is 6.54 Å². The van der Waals surface area contributed by atoms with Gasteiger partial charge in [0, 0.05) is 18.3 Å². The van der Waals surface area contributed by atoms with Crippen LogP contribution in [0.3, 0.4) is 0 Å². The summed E-state index contributed by atoms with van der Waals surface area (Å²) in [6.45, 7) is 2.03. The van der Waals surface area contributed by atoms with Gasteiger partial charge in [-0.2, -0.15) is 5.10 Å². The highest BCUT2D eigenvalue weighted by molar-refractivity contribution is 5.75.